The summed E-state index contributed by atoms with van der Waals surface area (Å²) in [4.78, 5) is 0. The molecule has 0 aliphatic rings. The standard InChI is InChI=1S/C7H15BI2/c1-2-3-4-5-6-7-10(8)9/h2-7H2,1H3/i1D. The van der Waals surface area contributed by atoms with Gasteiger partial charge in [-0.1, -0.05) is 0 Å². The van der Waals surface area contributed by atoms with Crippen LogP contribution in [0.1, 0.15) is 40.4 Å². The number of hydrogen-bond donors (Lipinski definition) is 0. The molecule has 0 bridgehead atoms. The summed E-state index contributed by atoms with van der Waals surface area (Å²) >= 11 is 1.47. The van der Waals surface area contributed by atoms with E-state index in [-0.39, 0.29) is 0 Å². The number of rotatable bonds is 6. The molecule has 0 N–H and O–H groups in total. The molecule has 0 saturated heterocycles. The molecule has 0 spiro atoms. The van der Waals surface area contributed by atoms with Crippen molar-refractivity contribution in [3.8, 4) is 0 Å². The fraction of sp³-hybridized carbons (Fsp3) is 1.00. The Morgan fingerprint density at radius 3 is 2.70 bits per heavy atom. The fourth-order valence-electron chi connectivity index (χ4n) is 0.752. The van der Waals surface area contributed by atoms with Gasteiger partial charge in [0, 0.05) is 0 Å². The third kappa shape index (κ3) is 9.52. The van der Waals surface area contributed by atoms with E-state index in [2.05, 4.69) is 18.6 Å². The van der Waals surface area contributed by atoms with E-state index in [1.165, 1.54) is 30.1 Å². The van der Waals surface area contributed by atoms with Gasteiger partial charge in [-0.2, -0.15) is 0 Å². The van der Waals surface area contributed by atoms with E-state index < -0.39 is 15.6 Å². The zero-order valence-corrected chi connectivity index (χ0v) is 10.6. The fourth-order valence-corrected chi connectivity index (χ4v) is 3.95. The van der Waals surface area contributed by atoms with Gasteiger partial charge in [0.15, 0.2) is 0 Å². The first-order chi connectivity index (χ1) is 5.27. The van der Waals surface area contributed by atoms with Crippen molar-refractivity contribution < 1.29 is 1.37 Å². The second kappa shape index (κ2) is 8.62. The molecule has 0 aromatic rings. The number of hydrogen-bond acceptors (Lipinski definition) is 0. The maximum atomic E-state index is 6.94. The van der Waals surface area contributed by atoms with Crippen molar-refractivity contribution in [3.05, 3.63) is 0 Å². The van der Waals surface area contributed by atoms with Gasteiger partial charge < -0.3 is 0 Å². The topological polar surface area (TPSA) is 0 Å². The van der Waals surface area contributed by atoms with Crippen molar-refractivity contribution in [1.29, 1.82) is 0 Å². The molecule has 0 fully saturated rings. The van der Waals surface area contributed by atoms with Crippen LogP contribution in [-0.2, 0) is 0 Å². The Bertz CT molecular complexity index is 80.8. The maximum absolute atomic E-state index is 6.94. The molecule has 0 aromatic carbocycles. The van der Waals surface area contributed by atoms with Crippen LogP contribution in [0.2, 0.25) is 0 Å². The van der Waals surface area contributed by atoms with Gasteiger partial charge in [-0.3, -0.25) is 0 Å². The molecule has 0 amide bonds. The number of alkyl halides is 1. The summed E-state index contributed by atoms with van der Waals surface area (Å²) in [6, 6.07) is 0. The average Bonchev–Trinajstić information content (AvgIpc) is 1.96. The van der Waals surface area contributed by atoms with E-state index in [0.29, 0.717) is 6.90 Å². The predicted molar refractivity (Wildman–Crippen MR) is 67.4 cm³/mol. The number of unbranched alkanes of at least 4 members (excludes halogenated alkanes) is 4. The van der Waals surface area contributed by atoms with Crippen LogP contribution >= 0.6 is 34.2 Å². The monoisotopic (exact) mass is 365 g/mol. The van der Waals surface area contributed by atoms with Gasteiger partial charge in [-0.25, -0.2) is 0 Å². The molecule has 0 nitrogen and oxygen atoms in total. The molecule has 10 heavy (non-hydrogen) atoms. The third-order valence-corrected chi connectivity index (χ3v) is 5.84. The Labute approximate surface area is 84.0 Å². The molecule has 0 unspecified atom stereocenters. The quantitative estimate of drug-likeness (QED) is 0.290. The predicted octanol–water partition coefficient (Wildman–Crippen LogP) is 3.90. The molecule has 0 aliphatic heterocycles. The van der Waals surface area contributed by atoms with E-state index in [9.17, 15) is 0 Å². The van der Waals surface area contributed by atoms with Crippen molar-refractivity contribution in [2.75, 3.05) is 4.43 Å². The van der Waals surface area contributed by atoms with E-state index in [1.807, 2.05) is 0 Å². The van der Waals surface area contributed by atoms with Crippen LogP contribution in [0.3, 0.4) is 0 Å². The first kappa shape index (κ1) is 9.61. The molecule has 0 aromatic heterocycles. The Morgan fingerprint density at radius 1 is 1.40 bits per heavy atom. The van der Waals surface area contributed by atoms with Crippen LogP contribution in [0.5, 0.6) is 0 Å². The van der Waals surface area contributed by atoms with Crippen LogP contribution in [-0.4, -0.2) is 10.1 Å². The van der Waals surface area contributed by atoms with Crippen molar-refractivity contribution in [1.82, 2.24) is 0 Å². The summed E-state index contributed by atoms with van der Waals surface area (Å²) in [7, 11) is 0. The van der Waals surface area contributed by atoms with E-state index >= 15 is 0 Å². The molecule has 0 saturated carbocycles. The summed E-state index contributed by atoms with van der Waals surface area (Å²) in [6.07, 6.45) is 6.27. The molecular formula is C7H15BI2. The van der Waals surface area contributed by atoms with Crippen LogP contribution in [0.4, 0.5) is 0 Å². The second-order valence-electron chi connectivity index (χ2n) is 2.29. The van der Waals surface area contributed by atoms with Gasteiger partial charge in [-0.05, 0) is 0 Å². The van der Waals surface area contributed by atoms with Crippen molar-refractivity contribution >= 4 is 39.9 Å². The average molecular weight is 365 g/mol. The van der Waals surface area contributed by atoms with Crippen LogP contribution in [0.15, 0.2) is 0 Å². The second-order valence-corrected chi connectivity index (χ2v) is 12.3. The SMILES string of the molecule is [2H]CCCCCCCI([B])I. The molecule has 3 heteroatoms. The molecular weight excluding hydrogens is 349 g/mol. The normalized spacial score (nSPS) is 12.9. The minimum absolute atomic E-state index is 0.599. The molecule has 2 radical (unpaired) electrons. The van der Waals surface area contributed by atoms with Crippen molar-refractivity contribution in [3.63, 3.8) is 0 Å². The zero-order chi connectivity index (χ0) is 8.53. The third-order valence-electron chi connectivity index (χ3n) is 1.31. The first-order valence-electron chi connectivity index (χ1n) is 4.34. The molecule has 0 aliphatic carbocycles. The Hall–Kier alpha value is 1.52. The zero-order valence-electron chi connectivity index (χ0n) is 7.28. The number of halogens is 2. The van der Waals surface area contributed by atoms with Crippen molar-refractivity contribution in [2.24, 2.45) is 0 Å². The summed E-state index contributed by atoms with van der Waals surface area (Å²) < 4.78 is 8.23. The van der Waals surface area contributed by atoms with Gasteiger partial charge >= 0.3 is 84.7 Å². The molecule has 0 rings (SSSR count). The van der Waals surface area contributed by atoms with Crippen LogP contribution in [0, 0.1) is 0 Å². The summed E-state index contributed by atoms with van der Waals surface area (Å²) in [5, 5.41) is 0. The van der Waals surface area contributed by atoms with E-state index in [4.69, 9.17) is 7.07 Å². The molecule has 0 heterocycles. The van der Waals surface area contributed by atoms with E-state index in [1.54, 1.807) is 0 Å². The van der Waals surface area contributed by atoms with Gasteiger partial charge in [0.2, 0.25) is 0 Å². The Kier molecular flexibility index (Phi) is 8.29. The Morgan fingerprint density at radius 2 is 2.10 bits per heavy atom. The van der Waals surface area contributed by atoms with E-state index in [0.717, 1.165) is 6.42 Å². The molecule has 60 valence electrons. The first-order valence-corrected chi connectivity index (χ1v) is 12.7. The van der Waals surface area contributed by atoms with Crippen molar-refractivity contribution in [2.45, 2.75) is 39.0 Å². The minimum atomic E-state index is -0.941. The van der Waals surface area contributed by atoms with Gasteiger partial charge in [0.1, 0.15) is 0 Å². The molecule has 0 atom stereocenters. The van der Waals surface area contributed by atoms with Gasteiger partial charge in [-0.15, -0.1) is 0 Å². The summed E-state index contributed by atoms with van der Waals surface area (Å²) in [5.74, 6) is 0. The van der Waals surface area contributed by atoms with Gasteiger partial charge in [0.05, 0.1) is 0 Å². The Balaban J connectivity index is 2.80. The van der Waals surface area contributed by atoms with Crippen LogP contribution < -0.4 is 0 Å². The summed E-state index contributed by atoms with van der Waals surface area (Å²) in [6.45, 7) is 0.599. The van der Waals surface area contributed by atoms with Crippen LogP contribution in [0.25, 0.3) is 0 Å². The summed E-state index contributed by atoms with van der Waals surface area (Å²) in [5.41, 5.74) is 5.75. The van der Waals surface area contributed by atoms with Gasteiger partial charge in [0.25, 0.3) is 0 Å².